The van der Waals surface area contributed by atoms with E-state index in [-0.39, 0.29) is 37.5 Å². The van der Waals surface area contributed by atoms with Crippen LogP contribution in [0.2, 0.25) is 0 Å². The van der Waals surface area contributed by atoms with Crippen LogP contribution in [0.15, 0.2) is 48.5 Å². The zero-order chi connectivity index (χ0) is 29.1. The molecule has 3 rings (SSSR count). The minimum absolute atomic E-state index is 0.0530. The van der Waals surface area contributed by atoms with E-state index >= 15 is 0 Å². The minimum Gasteiger partial charge on any atom is -0.469 e. The van der Waals surface area contributed by atoms with E-state index in [4.69, 9.17) is 9.47 Å². The molecule has 6 nitrogen and oxygen atoms in total. The van der Waals surface area contributed by atoms with Crippen molar-refractivity contribution in [2.45, 2.75) is 62.9 Å². The third-order valence-corrected chi connectivity index (χ3v) is 7.55. The first-order valence-electron chi connectivity index (χ1n) is 12.2. The predicted molar refractivity (Wildman–Crippen MR) is 128 cm³/mol. The van der Waals surface area contributed by atoms with Gasteiger partial charge in [0.2, 0.25) is 6.54 Å². The van der Waals surface area contributed by atoms with Crippen molar-refractivity contribution >= 4 is 5.97 Å². The van der Waals surface area contributed by atoms with E-state index in [0.29, 0.717) is 25.0 Å². The lowest BCUT2D eigenvalue weighted by Gasteiger charge is -2.45. The number of esters is 1. The lowest BCUT2D eigenvalue weighted by atomic mass is 9.60. The Kier molecular flexibility index (Phi) is 8.99. The van der Waals surface area contributed by atoms with Crippen LogP contribution in [0.25, 0.3) is 0 Å². The molecule has 2 aromatic rings. The number of hydrogen-bond acceptors (Lipinski definition) is 5. The van der Waals surface area contributed by atoms with Crippen LogP contribution >= 0.6 is 0 Å². The maximum Gasteiger partial charge on any atom is 0.416 e. The number of nitro groups is 1. The number of hydrogen-bond donors (Lipinski definition) is 0. The summed E-state index contributed by atoms with van der Waals surface area (Å²) >= 11 is 0. The van der Waals surface area contributed by atoms with Crippen molar-refractivity contribution in [3.05, 3.63) is 80.9 Å². The summed E-state index contributed by atoms with van der Waals surface area (Å²) in [6.45, 7) is 0.892. The average molecular weight is 562 g/mol. The minimum atomic E-state index is -4.98. The lowest BCUT2D eigenvalue weighted by Crippen LogP contribution is -2.44. The number of carbonyl (C=O) groups excluding carboxylic acids is 1. The molecule has 0 aliphatic heterocycles. The Hall–Kier alpha value is -3.15. The zero-order valence-electron chi connectivity index (χ0n) is 21.4. The van der Waals surface area contributed by atoms with Gasteiger partial charge in [0.25, 0.3) is 0 Å². The summed E-state index contributed by atoms with van der Waals surface area (Å²) < 4.78 is 90.8. The summed E-state index contributed by atoms with van der Waals surface area (Å²) in [5.74, 6) is -0.570. The van der Waals surface area contributed by atoms with Crippen molar-refractivity contribution in [2.24, 2.45) is 5.41 Å². The Morgan fingerprint density at radius 2 is 1.51 bits per heavy atom. The molecule has 1 aliphatic carbocycles. The molecule has 0 amide bonds. The first kappa shape index (κ1) is 30.4. The highest BCUT2D eigenvalue weighted by Gasteiger charge is 2.48. The second kappa shape index (κ2) is 11.5. The van der Waals surface area contributed by atoms with Gasteiger partial charge in [-0.05, 0) is 61.9 Å². The van der Waals surface area contributed by atoms with Crippen LogP contribution < -0.4 is 0 Å². The van der Waals surface area contributed by atoms with Gasteiger partial charge in [0, 0.05) is 15.8 Å². The van der Waals surface area contributed by atoms with Gasteiger partial charge in [-0.25, -0.2) is 0 Å². The maximum absolute atomic E-state index is 13.3. The van der Waals surface area contributed by atoms with Gasteiger partial charge in [-0.3, -0.25) is 14.9 Å². The van der Waals surface area contributed by atoms with Crippen molar-refractivity contribution < 1.29 is 45.5 Å². The molecular formula is C27H29F6NO5. The van der Waals surface area contributed by atoms with Gasteiger partial charge in [0.1, 0.15) is 0 Å². The zero-order valence-corrected chi connectivity index (χ0v) is 21.4. The summed E-state index contributed by atoms with van der Waals surface area (Å²) in [7, 11) is 1.20. The molecular weight excluding hydrogens is 532 g/mol. The fourth-order valence-electron chi connectivity index (χ4n) is 5.20. The number of methoxy groups -OCH3 is 1. The van der Waals surface area contributed by atoms with Crippen LogP contribution in [0.5, 0.6) is 0 Å². The highest BCUT2D eigenvalue weighted by Crippen LogP contribution is 2.50. The molecule has 0 heterocycles. The van der Waals surface area contributed by atoms with Gasteiger partial charge < -0.3 is 9.47 Å². The van der Waals surface area contributed by atoms with Crippen molar-refractivity contribution in [3.8, 4) is 0 Å². The number of carbonyl (C=O) groups is 1. The van der Waals surface area contributed by atoms with Crippen LogP contribution in [-0.4, -0.2) is 31.2 Å². The van der Waals surface area contributed by atoms with Gasteiger partial charge in [0.05, 0.1) is 37.4 Å². The second-order valence-electron chi connectivity index (χ2n) is 10.2. The molecule has 0 spiro atoms. The van der Waals surface area contributed by atoms with E-state index < -0.39 is 57.9 Å². The van der Waals surface area contributed by atoms with Crippen LogP contribution in [0, 0.1) is 15.5 Å². The first-order chi connectivity index (χ1) is 18.1. The highest BCUT2D eigenvalue weighted by molar-refractivity contribution is 5.70. The van der Waals surface area contributed by atoms with Gasteiger partial charge in [-0.15, -0.1) is 0 Å². The molecule has 0 N–H and O–H groups in total. The quantitative estimate of drug-likeness (QED) is 0.141. The first-order valence-corrected chi connectivity index (χ1v) is 12.2. The fourth-order valence-corrected chi connectivity index (χ4v) is 5.20. The Morgan fingerprint density at radius 3 is 1.97 bits per heavy atom. The van der Waals surface area contributed by atoms with Gasteiger partial charge >= 0.3 is 18.3 Å². The van der Waals surface area contributed by atoms with Crippen molar-refractivity contribution in [3.63, 3.8) is 0 Å². The Morgan fingerprint density at radius 1 is 0.974 bits per heavy atom. The van der Waals surface area contributed by atoms with E-state index in [2.05, 4.69) is 0 Å². The van der Waals surface area contributed by atoms with Crippen LogP contribution in [0.3, 0.4) is 0 Å². The molecule has 1 aliphatic rings. The lowest BCUT2D eigenvalue weighted by molar-refractivity contribution is -0.499. The third-order valence-electron chi connectivity index (χ3n) is 7.55. The molecule has 0 radical (unpaired) electrons. The molecule has 0 unspecified atom stereocenters. The van der Waals surface area contributed by atoms with Gasteiger partial charge in [-0.1, -0.05) is 30.3 Å². The van der Waals surface area contributed by atoms with Crippen molar-refractivity contribution in [1.29, 1.82) is 0 Å². The number of nitrogens with zero attached hydrogens (tertiary/aromatic N) is 1. The molecule has 0 saturated heterocycles. The Balaban J connectivity index is 1.90. The summed E-state index contributed by atoms with van der Waals surface area (Å²) in [5.41, 5.74) is -3.96. The van der Waals surface area contributed by atoms with Crippen molar-refractivity contribution in [2.75, 3.05) is 20.3 Å². The fraction of sp³-hybridized carbons (Fsp3) is 0.519. The summed E-state index contributed by atoms with van der Waals surface area (Å²) in [5, 5.41) is 11.4. The van der Waals surface area contributed by atoms with Crippen molar-refractivity contribution in [1.82, 2.24) is 0 Å². The van der Waals surface area contributed by atoms with E-state index in [1.165, 1.54) is 14.0 Å². The number of halogens is 6. The number of ether oxygens (including phenoxy) is 2. The molecule has 0 aromatic heterocycles. The summed E-state index contributed by atoms with van der Waals surface area (Å²) in [6.07, 6.45) is -9.97. The van der Waals surface area contributed by atoms with Crippen LogP contribution in [0.1, 0.15) is 67.4 Å². The monoisotopic (exact) mass is 561 g/mol. The predicted octanol–water partition coefficient (Wildman–Crippen LogP) is 7.14. The Bertz CT molecular complexity index is 1130. The topological polar surface area (TPSA) is 78.7 Å². The standard InChI is InChI=1S/C27H29F6NO5/c1-18(19-12-21(26(28,29)30)14-22(13-19)27(31,32)33)39-17-25(20-6-4-3-5-7-20)10-8-24(9-11-25,16-34(36)37)15-23(35)38-2/h3-7,12-14,18H,8-11,15-17H2,1-2H3/t18-,24?,25?/m1/s1. The maximum atomic E-state index is 13.3. The number of benzene rings is 2. The molecule has 39 heavy (non-hydrogen) atoms. The number of alkyl halides is 6. The molecule has 0 bridgehead atoms. The molecule has 214 valence electrons. The van der Waals surface area contributed by atoms with E-state index in [9.17, 15) is 41.3 Å². The van der Waals surface area contributed by atoms with E-state index in [1.54, 1.807) is 18.2 Å². The molecule has 1 saturated carbocycles. The largest absolute Gasteiger partial charge is 0.469 e. The SMILES string of the molecule is COC(=O)CC1(C[N+](=O)[O-])CCC(CO[C@H](C)c2cc(C(F)(F)F)cc(C(F)(F)F)c2)(c2ccccc2)CC1. The van der Waals surface area contributed by atoms with E-state index in [1.807, 2.05) is 12.1 Å². The number of rotatable bonds is 9. The molecule has 1 fully saturated rings. The third kappa shape index (κ3) is 7.49. The second-order valence-corrected chi connectivity index (χ2v) is 10.2. The highest BCUT2D eigenvalue weighted by atomic mass is 19.4. The summed E-state index contributed by atoms with van der Waals surface area (Å²) in [4.78, 5) is 23.0. The molecule has 2 aromatic carbocycles. The van der Waals surface area contributed by atoms with Crippen LogP contribution in [-0.2, 0) is 32.0 Å². The van der Waals surface area contributed by atoms with Gasteiger partial charge in [-0.2, -0.15) is 26.3 Å². The molecule has 12 heteroatoms. The Labute approximate surface area is 221 Å². The smallest absolute Gasteiger partial charge is 0.416 e. The normalized spacial score (nSPS) is 22.8. The van der Waals surface area contributed by atoms with Gasteiger partial charge in [0.15, 0.2) is 0 Å². The van der Waals surface area contributed by atoms with E-state index in [0.717, 1.165) is 5.56 Å². The average Bonchev–Trinajstić information content (AvgIpc) is 2.87. The van der Waals surface area contributed by atoms with Crippen LogP contribution in [0.4, 0.5) is 26.3 Å². The summed E-state index contributed by atoms with van der Waals surface area (Å²) in [6, 6.07) is 10.4. The molecule has 1 atom stereocenters.